The summed E-state index contributed by atoms with van der Waals surface area (Å²) in [6.45, 7) is 0. The lowest BCUT2D eigenvalue weighted by molar-refractivity contribution is 0.142. The van der Waals surface area contributed by atoms with Crippen LogP contribution in [0.15, 0.2) is 147 Å². The Morgan fingerprint density at radius 3 is 2.64 bits per heavy atom. The van der Waals surface area contributed by atoms with Crippen LogP contribution in [0.25, 0.3) is 0 Å². The highest BCUT2D eigenvalue weighted by Crippen LogP contribution is 2.53. The summed E-state index contributed by atoms with van der Waals surface area (Å²) < 4.78 is 0. The van der Waals surface area contributed by atoms with Crippen molar-refractivity contribution in [1.82, 2.24) is 15.5 Å². The molecule has 1 aromatic carbocycles. The second-order valence-corrected chi connectivity index (χ2v) is 17.2. The molecule has 2 N–H and O–H groups in total. The van der Waals surface area contributed by atoms with Crippen molar-refractivity contribution in [1.29, 1.82) is 0 Å². The molecule has 3 aliphatic heterocycles. The van der Waals surface area contributed by atoms with Crippen molar-refractivity contribution in [3.8, 4) is 0 Å². The number of rotatable bonds is 5. The SMILES string of the molecule is C1=CCCC(C2NC(C3=CC=C(C4=CC=CC5Sc6ccccc6C45)CC3)=CC(C3C=CCC(N4C5=C(CCCC5)C5C=CCCC54)C3)N2)=C1. The molecular formula is C46H51N3S. The van der Waals surface area contributed by atoms with Gasteiger partial charge in [0, 0.05) is 51.5 Å². The molecule has 9 aliphatic rings. The number of hydrogen-bond donors (Lipinski definition) is 2. The van der Waals surface area contributed by atoms with Crippen molar-refractivity contribution in [3.05, 3.63) is 148 Å². The second kappa shape index (κ2) is 13.3. The predicted molar refractivity (Wildman–Crippen MR) is 208 cm³/mol. The van der Waals surface area contributed by atoms with E-state index in [9.17, 15) is 0 Å². The Balaban J connectivity index is 0.934. The minimum Gasteiger partial charge on any atom is -0.368 e. The Morgan fingerprint density at radius 2 is 1.72 bits per heavy atom. The van der Waals surface area contributed by atoms with Crippen LogP contribution < -0.4 is 10.6 Å². The van der Waals surface area contributed by atoms with Crippen LogP contribution in [0.2, 0.25) is 0 Å². The van der Waals surface area contributed by atoms with Crippen molar-refractivity contribution in [2.45, 2.75) is 117 Å². The Morgan fingerprint density at radius 1 is 0.800 bits per heavy atom. The van der Waals surface area contributed by atoms with Crippen molar-refractivity contribution in [2.24, 2.45) is 11.8 Å². The summed E-state index contributed by atoms with van der Waals surface area (Å²) in [6, 6.07) is 10.7. The quantitative estimate of drug-likeness (QED) is 0.304. The van der Waals surface area contributed by atoms with Gasteiger partial charge in [0.05, 0.1) is 6.17 Å². The third-order valence-corrected chi connectivity index (χ3v) is 14.5. The summed E-state index contributed by atoms with van der Waals surface area (Å²) in [5, 5.41) is 8.67. The molecule has 3 nitrogen and oxygen atoms in total. The zero-order valence-corrected chi connectivity index (χ0v) is 30.1. The summed E-state index contributed by atoms with van der Waals surface area (Å²) in [4.78, 5) is 4.43. The molecule has 0 bridgehead atoms. The highest BCUT2D eigenvalue weighted by molar-refractivity contribution is 8.00. The van der Waals surface area contributed by atoms with Crippen molar-refractivity contribution in [2.75, 3.05) is 0 Å². The molecule has 0 saturated heterocycles. The van der Waals surface area contributed by atoms with Gasteiger partial charge in [0.1, 0.15) is 0 Å². The predicted octanol–water partition coefficient (Wildman–Crippen LogP) is 10.2. The van der Waals surface area contributed by atoms with E-state index in [1.165, 1.54) is 89.8 Å². The fourth-order valence-corrected chi connectivity index (χ4v) is 12.2. The van der Waals surface area contributed by atoms with Gasteiger partial charge in [-0.25, -0.2) is 0 Å². The van der Waals surface area contributed by atoms with Gasteiger partial charge in [0.15, 0.2) is 0 Å². The Kier molecular flexibility index (Phi) is 8.29. The maximum atomic E-state index is 4.14. The van der Waals surface area contributed by atoms with E-state index >= 15 is 0 Å². The average Bonchev–Trinajstić information content (AvgIpc) is 3.74. The van der Waals surface area contributed by atoms with E-state index in [1.807, 2.05) is 11.8 Å². The van der Waals surface area contributed by atoms with E-state index in [1.54, 1.807) is 11.3 Å². The normalized spacial score (nSPS) is 35.6. The molecule has 256 valence electrons. The van der Waals surface area contributed by atoms with Gasteiger partial charge >= 0.3 is 0 Å². The summed E-state index contributed by atoms with van der Waals surface area (Å²) in [6.07, 6.45) is 46.6. The van der Waals surface area contributed by atoms with E-state index < -0.39 is 0 Å². The van der Waals surface area contributed by atoms with Crippen LogP contribution in [-0.4, -0.2) is 34.4 Å². The molecule has 1 aromatic rings. The minimum absolute atomic E-state index is 0.177. The standard InChI is InChI=1S/C46H51N3S/c1-2-12-32(13-3-1)46-47-39(31-26-24-30(25-27-31)35-19-11-23-44-45(35)38-18-6-9-22-43(38)50-44)29-40(48-46)33-14-10-15-34(28-33)49-41-20-7-4-16-36(41)37-17-5-8-21-42(37)49/h1-2,4,6,9-12,14,16,18-19,22-24,26,29,33-34,36,40-41,44-48H,3,5,7-8,13,15,17,20-21,25,27-28H2. The van der Waals surface area contributed by atoms with Crippen molar-refractivity contribution >= 4 is 11.8 Å². The first-order valence-corrected chi connectivity index (χ1v) is 20.6. The second-order valence-electron chi connectivity index (χ2n) is 15.9. The fourth-order valence-electron chi connectivity index (χ4n) is 10.8. The monoisotopic (exact) mass is 677 g/mol. The van der Waals surface area contributed by atoms with Crippen LogP contribution in [0.5, 0.6) is 0 Å². The molecule has 0 aromatic heterocycles. The van der Waals surface area contributed by atoms with Gasteiger partial charge in [-0.2, -0.15) is 0 Å². The Labute approximate surface area is 303 Å². The van der Waals surface area contributed by atoms with Gasteiger partial charge in [0.2, 0.25) is 0 Å². The molecule has 0 spiro atoms. The van der Waals surface area contributed by atoms with E-state index in [0.29, 0.717) is 41.1 Å². The molecule has 10 rings (SSSR count). The number of hydrogen-bond acceptors (Lipinski definition) is 4. The summed E-state index contributed by atoms with van der Waals surface area (Å²) in [7, 11) is 0. The molecule has 4 heteroatoms. The number of benzene rings is 1. The first-order chi connectivity index (χ1) is 24.8. The number of allylic oxidation sites excluding steroid dienone is 12. The van der Waals surface area contributed by atoms with E-state index in [2.05, 4.69) is 119 Å². The van der Waals surface area contributed by atoms with Gasteiger partial charge in [0.25, 0.3) is 0 Å². The molecule has 8 unspecified atom stereocenters. The zero-order valence-electron chi connectivity index (χ0n) is 29.3. The van der Waals surface area contributed by atoms with Gasteiger partial charge in [-0.05, 0) is 129 Å². The molecule has 0 saturated carbocycles. The molecule has 0 radical (unpaired) electrons. The van der Waals surface area contributed by atoms with Crippen LogP contribution in [0.4, 0.5) is 0 Å². The summed E-state index contributed by atoms with van der Waals surface area (Å²) in [5.41, 5.74) is 12.4. The summed E-state index contributed by atoms with van der Waals surface area (Å²) >= 11 is 2.04. The van der Waals surface area contributed by atoms with Gasteiger partial charge in [-0.3, -0.25) is 5.32 Å². The smallest absolute Gasteiger partial charge is 0.0998 e. The lowest BCUT2D eigenvalue weighted by Crippen LogP contribution is -2.55. The highest BCUT2D eigenvalue weighted by Gasteiger charge is 2.44. The van der Waals surface area contributed by atoms with E-state index in [4.69, 9.17) is 0 Å². The van der Waals surface area contributed by atoms with Gasteiger partial charge in [-0.15, -0.1) is 11.8 Å². The number of nitrogens with one attached hydrogen (secondary N) is 2. The van der Waals surface area contributed by atoms with Crippen LogP contribution in [0, 0.1) is 11.8 Å². The van der Waals surface area contributed by atoms with E-state index in [0.717, 1.165) is 25.7 Å². The molecule has 6 aliphatic carbocycles. The lowest BCUT2D eigenvalue weighted by Gasteiger charge is -2.44. The lowest BCUT2D eigenvalue weighted by atomic mass is 9.78. The minimum atomic E-state index is 0.177. The van der Waals surface area contributed by atoms with Crippen molar-refractivity contribution < 1.29 is 0 Å². The molecule has 0 amide bonds. The topological polar surface area (TPSA) is 27.3 Å². The molecule has 50 heavy (non-hydrogen) atoms. The maximum absolute atomic E-state index is 4.14. The van der Waals surface area contributed by atoms with Crippen LogP contribution in [0.3, 0.4) is 0 Å². The third-order valence-electron chi connectivity index (χ3n) is 13.2. The number of thioether (sulfide) groups is 1. The van der Waals surface area contributed by atoms with Crippen molar-refractivity contribution in [3.63, 3.8) is 0 Å². The highest BCUT2D eigenvalue weighted by atomic mass is 32.2. The molecular weight excluding hydrogens is 627 g/mol. The largest absolute Gasteiger partial charge is 0.368 e. The van der Waals surface area contributed by atoms with Crippen LogP contribution in [0.1, 0.15) is 88.5 Å². The first kappa shape index (κ1) is 31.3. The Hall–Kier alpha value is -3.47. The van der Waals surface area contributed by atoms with E-state index in [-0.39, 0.29) is 6.17 Å². The summed E-state index contributed by atoms with van der Waals surface area (Å²) in [5.74, 6) is 1.64. The number of nitrogens with zero attached hydrogens (tertiary/aromatic N) is 1. The first-order valence-electron chi connectivity index (χ1n) is 19.8. The molecule has 3 heterocycles. The zero-order chi connectivity index (χ0) is 33.0. The van der Waals surface area contributed by atoms with Crippen LogP contribution >= 0.6 is 11.8 Å². The Bertz CT molecular complexity index is 1860. The number of fused-ring (bicyclic) bond motifs is 5. The average molecular weight is 678 g/mol. The van der Waals surface area contributed by atoms with Gasteiger partial charge < -0.3 is 10.2 Å². The van der Waals surface area contributed by atoms with Crippen LogP contribution in [-0.2, 0) is 0 Å². The third kappa shape index (κ3) is 5.53. The maximum Gasteiger partial charge on any atom is 0.0998 e. The molecule has 0 fully saturated rings. The van der Waals surface area contributed by atoms with Gasteiger partial charge in [-0.1, -0.05) is 91.1 Å². The fraction of sp³-hybridized carbons (Fsp3) is 0.435. The molecule has 8 atom stereocenters.